The minimum Gasteiger partial charge on any atom is -0.495 e. The van der Waals surface area contributed by atoms with E-state index in [0.717, 1.165) is 15.6 Å². The van der Waals surface area contributed by atoms with Crippen LogP contribution in [0.3, 0.4) is 0 Å². The van der Waals surface area contributed by atoms with Gasteiger partial charge in [0.2, 0.25) is 0 Å². The van der Waals surface area contributed by atoms with Crippen LogP contribution in [0, 0.1) is 6.92 Å². The van der Waals surface area contributed by atoms with E-state index >= 15 is 0 Å². The Balaban J connectivity index is 1.78. The van der Waals surface area contributed by atoms with Gasteiger partial charge in [-0.25, -0.2) is 4.52 Å². The molecule has 0 spiro atoms. The van der Waals surface area contributed by atoms with Crippen LogP contribution < -0.4 is 10.1 Å². The minimum atomic E-state index is -0.398. The average molecular weight is 482 g/mol. The SMILES string of the molecule is COCc1nn2c(C)c(C(=O)Nc3ccccc3OC)nnc2c1-c1ccc(Br)cc1. The highest BCUT2D eigenvalue weighted by atomic mass is 79.9. The summed E-state index contributed by atoms with van der Waals surface area (Å²) in [6.07, 6.45) is 0. The fourth-order valence-corrected chi connectivity index (χ4v) is 3.60. The Kier molecular flexibility index (Phi) is 5.97. The number of aromatic nitrogens is 4. The highest BCUT2D eigenvalue weighted by Gasteiger charge is 2.22. The van der Waals surface area contributed by atoms with E-state index in [-0.39, 0.29) is 5.69 Å². The molecule has 158 valence electrons. The van der Waals surface area contributed by atoms with E-state index < -0.39 is 5.91 Å². The van der Waals surface area contributed by atoms with Crippen molar-refractivity contribution in [2.45, 2.75) is 13.5 Å². The van der Waals surface area contributed by atoms with Crippen molar-refractivity contribution in [2.24, 2.45) is 0 Å². The first-order valence-corrected chi connectivity index (χ1v) is 10.3. The number of hydrogen-bond acceptors (Lipinski definition) is 6. The lowest BCUT2D eigenvalue weighted by Gasteiger charge is -2.10. The molecule has 0 bridgehead atoms. The van der Waals surface area contributed by atoms with Gasteiger partial charge < -0.3 is 14.8 Å². The van der Waals surface area contributed by atoms with Crippen LogP contribution in [-0.2, 0) is 11.3 Å². The number of methoxy groups -OCH3 is 2. The predicted octanol–water partition coefficient (Wildman–Crippen LogP) is 4.27. The number of fused-ring (bicyclic) bond motifs is 1. The van der Waals surface area contributed by atoms with E-state index in [1.165, 1.54) is 0 Å². The monoisotopic (exact) mass is 481 g/mol. The summed E-state index contributed by atoms with van der Waals surface area (Å²) in [5.74, 6) is 0.159. The van der Waals surface area contributed by atoms with Gasteiger partial charge in [0.25, 0.3) is 5.91 Å². The maximum Gasteiger partial charge on any atom is 0.278 e. The van der Waals surface area contributed by atoms with Gasteiger partial charge >= 0.3 is 0 Å². The zero-order valence-corrected chi connectivity index (χ0v) is 18.8. The lowest BCUT2D eigenvalue weighted by atomic mass is 10.1. The van der Waals surface area contributed by atoms with Gasteiger partial charge in [-0.3, -0.25) is 4.79 Å². The summed E-state index contributed by atoms with van der Waals surface area (Å²) in [7, 11) is 3.16. The lowest BCUT2D eigenvalue weighted by Crippen LogP contribution is -2.19. The summed E-state index contributed by atoms with van der Waals surface area (Å²) >= 11 is 3.46. The van der Waals surface area contributed by atoms with Crippen LogP contribution in [0.1, 0.15) is 21.9 Å². The van der Waals surface area contributed by atoms with E-state index in [2.05, 4.69) is 36.5 Å². The predicted molar refractivity (Wildman–Crippen MR) is 120 cm³/mol. The largest absolute Gasteiger partial charge is 0.495 e. The number of benzene rings is 2. The Labute approximate surface area is 187 Å². The van der Waals surface area contributed by atoms with Crippen LogP contribution in [0.2, 0.25) is 0 Å². The van der Waals surface area contributed by atoms with Crippen molar-refractivity contribution in [1.82, 2.24) is 19.8 Å². The van der Waals surface area contributed by atoms with E-state index in [0.29, 0.717) is 35.1 Å². The zero-order valence-electron chi connectivity index (χ0n) is 17.2. The molecule has 0 radical (unpaired) electrons. The van der Waals surface area contributed by atoms with Crippen LogP contribution in [-0.4, -0.2) is 39.9 Å². The van der Waals surface area contributed by atoms with Gasteiger partial charge in [-0.1, -0.05) is 40.2 Å². The maximum absolute atomic E-state index is 12.9. The molecule has 0 saturated heterocycles. The van der Waals surface area contributed by atoms with Crippen molar-refractivity contribution in [2.75, 3.05) is 19.5 Å². The lowest BCUT2D eigenvalue weighted by molar-refractivity contribution is 0.101. The number of carbonyl (C=O) groups is 1. The number of anilines is 1. The number of para-hydroxylation sites is 2. The molecular formula is C22H20BrN5O3. The third-order valence-electron chi connectivity index (χ3n) is 4.82. The van der Waals surface area contributed by atoms with Crippen LogP contribution in [0.25, 0.3) is 16.8 Å². The highest BCUT2D eigenvalue weighted by Crippen LogP contribution is 2.30. The average Bonchev–Trinajstić information content (AvgIpc) is 3.14. The molecule has 0 aliphatic carbocycles. The number of halogens is 1. The third kappa shape index (κ3) is 4.01. The summed E-state index contributed by atoms with van der Waals surface area (Å²) in [6, 6.07) is 15.0. The summed E-state index contributed by atoms with van der Waals surface area (Å²) in [5.41, 5.74) is 4.31. The molecule has 0 fully saturated rings. The summed E-state index contributed by atoms with van der Waals surface area (Å²) in [4.78, 5) is 12.9. The molecule has 8 nitrogen and oxygen atoms in total. The smallest absolute Gasteiger partial charge is 0.278 e. The van der Waals surface area contributed by atoms with Gasteiger partial charge in [0.15, 0.2) is 11.3 Å². The van der Waals surface area contributed by atoms with E-state index in [1.807, 2.05) is 36.4 Å². The molecule has 31 heavy (non-hydrogen) atoms. The standard InChI is InChI=1S/C22H20BrN5O3/c1-13-20(22(29)24-16-6-4-5-7-18(16)31-3)25-26-21-19(14-8-10-15(23)11-9-14)17(12-30-2)27-28(13)21/h4-11H,12H2,1-3H3,(H,24,29). The van der Waals surface area contributed by atoms with E-state index in [4.69, 9.17) is 9.47 Å². The number of rotatable bonds is 6. The molecule has 0 unspecified atom stereocenters. The van der Waals surface area contributed by atoms with Crippen LogP contribution in [0.15, 0.2) is 53.0 Å². The Morgan fingerprint density at radius 2 is 1.84 bits per heavy atom. The quantitative estimate of drug-likeness (QED) is 0.442. The topological polar surface area (TPSA) is 90.6 Å². The van der Waals surface area contributed by atoms with Gasteiger partial charge in [0, 0.05) is 11.6 Å². The van der Waals surface area contributed by atoms with Crippen molar-refractivity contribution in [3.63, 3.8) is 0 Å². The molecule has 0 aliphatic heterocycles. The summed E-state index contributed by atoms with van der Waals surface area (Å²) < 4.78 is 13.2. The fraction of sp³-hybridized carbons (Fsp3) is 0.182. The maximum atomic E-state index is 12.9. The molecule has 1 N–H and O–H groups in total. The van der Waals surface area contributed by atoms with Crippen molar-refractivity contribution in [3.8, 4) is 16.9 Å². The number of carbonyl (C=O) groups excluding carboxylic acids is 1. The van der Waals surface area contributed by atoms with Gasteiger partial charge in [-0.05, 0) is 36.8 Å². The fourth-order valence-electron chi connectivity index (χ4n) is 3.34. The molecule has 1 amide bonds. The van der Waals surface area contributed by atoms with Crippen LogP contribution >= 0.6 is 15.9 Å². The molecule has 9 heteroatoms. The van der Waals surface area contributed by atoms with Gasteiger partial charge in [0.05, 0.1) is 36.4 Å². The van der Waals surface area contributed by atoms with Crippen LogP contribution in [0.4, 0.5) is 5.69 Å². The van der Waals surface area contributed by atoms with Gasteiger partial charge in [-0.2, -0.15) is 5.10 Å². The van der Waals surface area contributed by atoms with Crippen molar-refractivity contribution >= 4 is 33.2 Å². The van der Waals surface area contributed by atoms with Crippen molar-refractivity contribution in [3.05, 3.63) is 70.1 Å². The number of nitrogens with zero attached hydrogens (tertiary/aromatic N) is 4. The summed E-state index contributed by atoms with van der Waals surface area (Å²) in [5, 5.41) is 16.0. The minimum absolute atomic E-state index is 0.173. The normalized spacial score (nSPS) is 11.0. The second kappa shape index (κ2) is 8.83. The third-order valence-corrected chi connectivity index (χ3v) is 5.35. The van der Waals surface area contributed by atoms with Crippen LogP contribution in [0.5, 0.6) is 5.75 Å². The second-order valence-corrected chi connectivity index (χ2v) is 7.70. The number of ether oxygens (including phenoxy) is 2. The van der Waals surface area contributed by atoms with Gasteiger partial charge in [-0.15, -0.1) is 10.2 Å². The number of amides is 1. The zero-order chi connectivity index (χ0) is 22.0. The van der Waals surface area contributed by atoms with Crippen molar-refractivity contribution < 1.29 is 14.3 Å². The molecule has 2 aromatic carbocycles. The molecule has 0 aliphatic rings. The Hall–Kier alpha value is -3.30. The first kappa shape index (κ1) is 21.0. The molecule has 0 saturated carbocycles. The molecule has 4 aromatic rings. The first-order valence-electron chi connectivity index (χ1n) is 9.47. The molecule has 2 aromatic heterocycles. The second-order valence-electron chi connectivity index (χ2n) is 6.79. The molecule has 0 atom stereocenters. The Morgan fingerprint density at radius 1 is 1.10 bits per heavy atom. The number of nitrogens with one attached hydrogen (secondary N) is 1. The Bertz CT molecular complexity index is 1250. The van der Waals surface area contributed by atoms with E-state index in [1.54, 1.807) is 37.8 Å². The molecular weight excluding hydrogens is 462 g/mol. The van der Waals surface area contributed by atoms with Gasteiger partial charge in [0.1, 0.15) is 5.75 Å². The highest BCUT2D eigenvalue weighted by molar-refractivity contribution is 9.10. The summed E-state index contributed by atoms with van der Waals surface area (Å²) in [6.45, 7) is 2.09. The Morgan fingerprint density at radius 3 is 2.55 bits per heavy atom. The van der Waals surface area contributed by atoms with Crippen molar-refractivity contribution in [1.29, 1.82) is 0 Å². The van der Waals surface area contributed by atoms with E-state index in [9.17, 15) is 4.79 Å². The number of hydrogen-bond donors (Lipinski definition) is 1. The first-order chi connectivity index (χ1) is 15.0. The number of aryl methyl sites for hydroxylation is 1. The molecule has 2 heterocycles. The molecule has 4 rings (SSSR count).